The van der Waals surface area contributed by atoms with Crippen molar-refractivity contribution >= 4 is 11.6 Å². The lowest BCUT2D eigenvalue weighted by atomic mass is 10.1. The van der Waals surface area contributed by atoms with Crippen molar-refractivity contribution < 1.29 is 4.74 Å². The van der Waals surface area contributed by atoms with Gasteiger partial charge in [0.1, 0.15) is 0 Å². The SMILES string of the molecule is COc1cccc(CNC(C)(C)CCl)n1. The Bertz CT molecular complexity index is 315. The first-order chi connectivity index (χ1) is 7.07. The second kappa shape index (κ2) is 5.33. The fraction of sp³-hybridized carbons (Fsp3) is 0.545. The molecule has 0 saturated carbocycles. The Kier molecular flexibility index (Phi) is 4.36. The van der Waals surface area contributed by atoms with Gasteiger partial charge in [0.25, 0.3) is 0 Å². The van der Waals surface area contributed by atoms with Crippen LogP contribution >= 0.6 is 11.6 Å². The number of nitrogens with one attached hydrogen (secondary N) is 1. The van der Waals surface area contributed by atoms with E-state index in [1.807, 2.05) is 18.2 Å². The first kappa shape index (κ1) is 12.3. The van der Waals surface area contributed by atoms with E-state index in [-0.39, 0.29) is 5.54 Å². The molecule has 0 saturated heterocycles. The van der Waals surface area contributed by atoms with Crippen LogP contribution in [0.2, 0.25) is 0 Å². The summed E-state index contributed by atoms with van der Waals surface area (Å²) in [7, 11) is 1.61. The summed E-state index contributed by atoms with van der Waals surface area (Å²) in [5.41, 5.74) is 0.874. The Labute approximate surface area is 95.8 Å². The van der Waals surface area contributed by atoms with E-state index in [4.69, 9.17) is 16.3 Å². The molecule has 84 valence electrons. The molecule has 0 bridgehead atoms. The van der Waals surface area contributed by atoms with Crippen molar-refractivity contribution in [1.29, 1.82) is 0 Å². The molecule has 0 unspecified atom stereocenters. The van der Waals surface area contributed by atoms with E-state index in [9.17, 15) is 0 Å². The van der Waals surface area contributed by atoms with E-state index < -0.39 is 0 Å². The standard InChI is InChI=1S/C11H17ClN2O/c1-11(2,8-12)13-7-9-5-4-6-10(14-9)15-3/h4-6,13H,7-8H2,1-3H3. The number of pyridine rings is 1. The number of hydrogen-bond donors (Lipinski definition) is 1. The highest BCUT2D eigenvalue weighted by Gasteiger charge is 2.14. The quantitative estimate of drug-likeness (QED) is 0.785. The van der Waals surface area contributed by atoms with Crippen LogP contribution in [0.25, 0.3) is 0 Å². The topological polar surface area (TPSA) is 34.1 Å². The maximum Gasteiger partial charge on any atom is 0.213 e. The normalized spacial score (nSPS) is 11.5. The summed E-state index contributed by atoms with van der Waals surface area (Å²) in [6.07, 6.45) is 0. The Morgan fingerprint density at radius 2 is 2.20 bits per heavy atom. The third kappa shape index (κ3) is 4.06. The van der Waals surface area contributed by atoms with E-state index >= 15 is 0 Å². The van der Waals surface area contributed by atoms with Crippen molar-refractivity contribution in [3.63, 3.8) is 0 Å². The first-order valence-corrected chi connectivity index (χ1v) is 5.42. The molecule has 1 rings (SSSR count). The molecular weight excluding hydrogens is 212 g/mol. The summed E-state index contributed by atoms with van der Waals surface area (Å²) >= 11 is 5.81. The Morgan fingerprint density at radius 3 is 2.80 bits per heavy atom. The van der Waals surface area contributed by atoms with E-state index in [1.165, 1.54) is 0 Å². The minimum absolute atomic E-state index is 0.0771. The molecular formula is C11H17ClN2O. The summed E-state index contributed by atoms with van der Waals surface area (Å²) in [5, 5.41) is 3.33. The van der Waals surface area contributed by atoms with Crippen molar-refractivity contribution in [3.05, 3.63) is 23.9 Å². The molecule has 15 heavy (non-hydrogen) atoms. The van der Waals surface area contributed by atoms with Crippen LogP contribution in [-0.4, -0.2) is 23.5 Å². The van der Waals surface area contributed by atoms with Crippen molar-refractivity contribution in [2.75, 3.05) is 13.0 Å². The Morgan fingerprint density at radius 1 is 1.47 bits per heavy atom. The summed E-state index contributed by atoms with van der Waals surface area (Å²) < 4.78 is 5.05. The molecule has 0 spiro atoms. The van der Waals surface area contributed by atoms with Gasteiger partial charge in [-0.3, -0.25) is 0 Å². The predicted molar refractivity (Wildman–Crippen MR) is 62.4 cm³/mol. The molecule has 4 heteroatoms. The number of rotatable bonds is 5. The average molecular weight is 229 g/mol. The van der Waals surface area contributed by atoms with Gasteiger partial charge in [-0.25, -0.2) is 4.98 Å². The maximum atomic E-state index is 5.81. The summed E-state index contributed by atoms with van der Waals surface area (Å²) in [4.78, 5) is 4.30. The predicted octanol–water partition coefficient (Wildman–Crippen LogP) is 2.20. The summed E-state index contributed by atoms with van der Waals surface area (Å²) in [5.74, 6) is 1.20. The van der Waals surface area contributed by atoms with Gasteiger partial charge in [0.2, 0.25) is 5.88 Å². The van der Waals surface area contributed by atoms with Crippen molar-refractivity contribution in [2.45, 2.75) is 25.9 Å². The number of hydrogen-bond acceptors (Lipinski definition) is 3. The fourth-order valence-electron chi connectivity index (χ4n) is 1.05. The molecule has 1 N–H and O–H groups in total. The molecule has 0 aliphatic rings. The van der Waals surface area contributed by atoms with Crippen LogP contribution in [0.4, 0.5) is 0 Å². The zero-order valence-electron chi connectivity index (χ0n) is 9.38. The van der Waals surface area contributed by atoms with Crippen LogP contribution in [-0.2, 0) is 6.54 Å². The van der Waals surface area contributed by atoms with Gasteiger partial charge in [0, 0.05) is 24.0 Å². The first-order valence-electron chi connectivity index (χ1n) is 4.88. The number of methoxy groups -OCH3 is 1. The Hall–Kier alpha value is -0.800. The largest absolute Gasteiger partial charge is 0.481 e. The molecule has 0 aliphatic carbocycles. The van der Waals surface area contributed by atoms with Gasteiger partial charge in [0.05, 0.1) is 12.8 Å². The lowest BCUT2D eigenvalue weighted by molar-refractivity contribution is 0.390. The third-order valence-corrected chi connectivity index (χ3v) is 2.74. The lowest BCUT2D eigenvalue weighted by Gasteiger charge is -2.23. The van der Waals surface area contributed by atoms with Crippen LogP contribution in [0.5, 0.6) is 5.88 Å². The smallest absolute Gasteiger partial charge is 0.213 e. The highest BCUT2D eigenvalue weighted by molar-refractivity contribution is 6.18. The van der Waals surface area contributed by atoms with E-state index in [2.05, 4.69) is 24.1 Å². The molecule has 1 aromatic heterocycles. The molecule has 0 atom stereocenters. The van der Waals surface area contributed by atoms with E-state index in [0.717, 1.165) is 5.69 Å². The van der Waals surface area contributed by atoms with E-state index in [0.29, 0.717) is 18.3 Å². The maximum absolute atomic E-state index is 5.81. The zero-order valence-corrected chi connectivity index (χ0v) is 10.1. The van der Waals surface area contributed by atoms with Crippen LogP contribution < -0.4 is 10.1 Å². The van der Waals surface area contributed by atoms with Gasteiger partial charge in [-0.15, -0.1) is 11.6 Å². The van der Waals surface area contributed by atoms with Gasteiger partial charge in [0.15, 0.2) is 0 Å². The lowest BCUT2D eigenvalue weighted by Crippen LogP contribution is -2.40. The van der Waals surface area contributed by atoms with Crippen LogP contribution in [0.3, 0.4) is 0 Å². The second-order valence-corrected chi connectivity index (χ2v) is 4.31. The van der Waals surface area contributed by atoms with Gasteiger partial charge >= 0.3 is 0 Å². The average Bonchev–Trinajstić information content (AvgIpc) is 2.27. The number of aromatic nitrogens is 1. The monoisotopic (exact) mass is 228 g/mol. The molecule has 3 nitrogen and oxygen atoms in total. The second-order valence-electron chi connectivity index (χ2n) is 4.04. The summed E-state index contributed by atoms with van der Waals surface area (Å²) in [6, 6.07) is 5.71. The molecule has 0 radical (unpaired) electrons. The van der Waals surface area contributed by atoms with Gasteiger partial charge in [-0.2, -0.15) is 0 Å². The summed E-state index contributed by atoms with van der Waals surface area (Å²) in [6.45, 7) is 4.80. The van der Waals surface area contributed by atoms with Crippen molar-refractivity contribution in [3.8, 4) is 5.88 Å². The van der Waals surface area contributed by atoms with Gasteiger partial charge < -0.3 is 10.1 Å². The minimum Gasteiger partial charge on any atom is -0.481 e. The number of alkyl halides is 1. The molecule has 0 amide bonds. The van der Waals surface area contributed by atoms with Crippen LogP contribution in [0.1, 0.15) is 19.5 Å². The van der Waals surface area contributed by atoms with Crippen molar-refractivity contribution in [2.24, 2.45) is 0 Å². The molecule has 0 aliphatic heterocycles. The van der Waals surface area contributed by atoms with Gasteiger partial charge in [-0.1, -0.05) is 6.07 Å². The molecule has 0 fully saturated rings. The number of ether oxygens (including phenoxy) is 1. The van der Waals surface area contributed by atoms with Gasteiger partial charge in [-0.05, 0) is 19.9 Å². The molecule has 1 heterocycles. The van der Waals surface area contributed by atoms with Crippen LogP contribution in [0, 0.1) is 0 Å². The zero-order chi connectivity index (χ0) is 11.3. The minimum atomic E-state index is -0.0771. The third-order valence-electron chi connectivity index (χ3n) is 2.07. The molecule has 1 aromatic rings. The number of halogens is 1. The van der Waals surface area contributed by atoms with Crippen molar-refractivity contribution in [1.82, 2.24) is 10.3 Å². The fourth-order valence-corrected chi connectivity index (χ4v) is 1.14. The Balaban J connectivity index is 2.57. The highest BCUT2D eigenvalue weighted by Crippen LogP contribution is 2.09. The molecule has 0 aromatic carbocycles. The highest BCUT2D eigenvalue weighted by atomic mass is 35.5. The van der Waals surface area contributed by atoms with Crippen LogP contribution in [0.15, 0.2) is 18.2 Å². The number of nitrogens with zero attached hydrogens (tertiary/aromatic N) is 1. The van der Waals surface area contributed by atoms with E-state index in [1.54, 1.807) is 7.11 Å².